The van der Waals surface area contributed by atoms with E-state index in [0.29, 0.717) is 19.8 Å². The first-order chi connectivity index (χ1) is 15.3. The number of ether oxygens (including phenoxy) is 2. The lowest BCUT2D eigenvalue weighted by molar-refractivity contribution is 0.146. The maximum Gasteiger partial charge on any atom is 0.191 e. The van der Waals surface area contributed by atoms with Gasteiger partial charge >= 0.3 is 0 Å². The first-order valence-electron chi connectivity index (χ1n) is 11.2. The van der Waals surface area contributed by atoms with Gasteiger partial charge in [0, 0.05) is 33.8 Å². The molecule has 1 fully saturated rings. The zero-order chi connectivity index (χ0) is 21.7. The Balaban J connectivity index is 1.39. The van der Waals surface area contributed by atoms with Crippen LogP contribution in [0.15, 0.2) is 53.5 Å². The molecular weight excluding hydrogens is 388 g/mol. The molecule has 0 unspecified atom stereocenters. The molecule has 6 heteroatoms. The molecule has 31 heavy (non-hydrogen) atoms. The summed E-state index contributed by atoms with van der Waals surface area (Å²) in [4.78, 5) is 6.89. The summed E-state index contributed by atoms with van der Waals surface area (Å²) in [5.74, 6) is 1.64. The summed E-state index contributed by atoms with van der Waals surface area (Å²) in [7, 11) is 3.47. The summed E-state index contributed by atoms with van der Waals surface area (Å²) in [6, 6.07) is 17.0. The second-order valence-electron chi connectivity index (χ2n) is 7.92. The Morgan fingerprint density at radius 2 is 1.42 bits per heavy atom. The minimum Gasteiger partial charge on any atom is -0.491 e. The van der Waals surface area contributed by atoms with Crippen molar-refractivity contribution in [1.82, 2.24) is 15.5 Å². The quantitative estimate of drug-likeness (QED) is 0.347. The standard InChI is InChI=1S/C25H36N4O2/c1-26-25(28-19-22-10-12-24(13-11-22)31-17-16-30-2)27-18-21-6-8-23(9-7-21)20-29-14-4-3-5-15-29/h6-13H,3-5,14-20H2,1-2H3,(H2,26,27,28). The van der Waals surface area contributed by atoms with Crippen LogP contribution in [0.1, 0.15) is 36.0 Å². The highest BCUT2D eigenvalue weighted by molar-refractivity contribution is 5.79. The third-order valence-corrected chi connectivity index (χ3v) is 5.50. The average molecular weight is 425 g/mol. The van der Waals surface area contributed by atoms with E-state index in [2.05, 4.69) is 56.9 Å². The number of rotatable bonds is 10. The second-order valence-corrected chi connectivity index (χ2v) is 7.92. The SMILES string of the molecule is CN=C(NCc1ccc(CN2CCCCC2)cc1)NCc1ccc(OCCOC)cc1. The van der Waals surface area contributed by atoms with Crippen molar-refractivity contribution >= 4 is 5.96 Å². The Labute approximate surface area is 186 Å². The van der Waals surface area contributed by atoms with Crippen LogP contribution in [-0.4, -0.2) is 51.3 Å². The predicted molar refractivity (Wildman–Crippen MR) is 126 cm³/mol. The lowest BCUT2D eigenvalue weighted by Crippen LogP contribution is -2.36. The number of benzene rings is 2. The van der Waals surface area contributed by atoms with Crippen LogP contribution < -0.4 is 15.4 Å². The maximum absolute atomic E-state index is 5.60. The largest absolute Gasteiger partial charge is 0.491 e. The Bertz CT molecular complexity index is 784. The molecule has 0 atom stereocenters. The summed E-state index contributed by atoms with van der Waals surface area (Å²) in [6.07, 6.45) is 4.05. The number of aliphatic imine (C=N–C) groups is 1. The van der Waals surface area contributed by atoms with Gasteiger partial charge in [0.15, 0.2) is 5.96 Å². The van der Waals surface area contributed by atoms with Crippen LogP contribution in [0.4, 0.5) is 0 Å². The van der Waals surface area contributed by atoms with Crippen LogP contribution in [0, 0.1) is 0 Å². The molecule has 6 nitrogen and oxygen atoms in total. The molecule has 1 aliphatic heterocycles. The molecule has 0 bridgehead atoms. The van der Waals surface area contributed by atoms with Gasteiger partial charge in [-0.15, -0.1) is 0 Å². The van der Waals surface area contributed by atoms with Crippen molar-refractivity contribution in [2.45, 2.75) is 38.9 Å². The third kappa shape index (κ3) is 8.23. The lowest BCUT2D eigenvalue weighted by Gasteiger charge is -2.26. The molecule has 3 rings (SSSR count). The predicted octanol–water partition coefficient (Wildman–Crippen LogP) is 3.56. The van der Waals surface area contributed by atoms with E-state index in [1.165, 1.54) is 49.0 Å². The molecule has 1 aliphatic rings. The van der Waals surface area contributed by atoms with Crippen LogP contribution in [0.2, 0.25) is 0 Å². The van der Waals surface area contributed by atoms with Crippen molar-refractivity contribution in [2.24, 2.45) is 4.99 Å². The van der Waals surface area contributed by atoms with Gasteiger partial charge < -0.3 is 20.1 Å². The zero-order valence-corrected chi connectivity index (χ0v) is 18.9. The number of likely N-dealkylation sites (tertiary alicyclic amines) is 1. The monoisotopic (exact) mass is 424 g/mol. The summed E-state index contributed by atoms with van der Waals surface area (Å²) in [6.45, 7) is 6.12. The number of hydrogen-bond donors (Lipinski definition) is 2. The normalized spacial score (nSPS) is 15.0. The van der Waals surface area contributed by atoms with E-state index in [9.17, 15) is 0 Å². The molecule has 2 aromatic rings. The third-order valence-electron chi connectivity index (χ3n) is 5.50. The van der Waals surface area contributed by atoms with Gasteiger partial charge in [-0.2, -0.15) is 0 Å². The maximum atomic E-state index is 5.60. The molecule has 0 saturated carbocycles. The molecule has 2 N–H and O–H groups in total. The van der Waals surface area contributed by atoms with Gasteiger partial charge in [-0.05, 0) is 54.8 Å². The van der Waals surface area contributed by atoms with Crippen molar-refractivity contribution in [1.29, 1.82) is 0 Å². The zero-order valence-electron chi connectivity index (χ0n) is 18.9. The molecule has 1 heterocycles. The molecule has 2 aromatic carbocycles. The van der Waals surface area contributed by atoms with Gasteiger partial charge in [0.25, 0.3) is 0 Å². The highest BCUT2D eigenvalue weighted by atomic mass is 16.5. The van der Waals surface area contributed by atoms with E-state index in [1.54, 1.807) is 14.2 Å². The van der Waals surface area contributed by atoms with Crippen molar-refractivity contribution in [2.75, 3.05) is 40.5 Å². The van der Waals surface area contributed by atoms with E-state index < -0.39 is 0 Å². The van der Waals surface area contributed by atoms with Gasteiger partial charge in [-0.3, -0.25) is 9.89 Å². The fourth-order valence-electron chi connectivity index (χ4n) is 3.68. The highest BCUT2D eigenvalue weighted by Gasteiger charge is 2.10. The molecule has 168 valence electrons. The summed E-state index contributed by atoms with van der Waals surface area (Å²) >= 11 is 0. The van der Waals surface area contributed by atoms with Crippen LogP contribution in [0.25, 0.3) is 0 Å². The second kappa shape index (κ2) is 13.0. The Kier molecular flexibility index (Phi) is 9.67. The van der Waals surface area contributed by atoms with Crippen molar-refractivity contribution < 1.29 is 9.47 Å². The Hall–Kier alpha value is -2.57. The topological polar surface area (TPSA) is 58.1 Å². The number of nitrogens with one attached hydrogen (secondary N) is 2. The molecule has 0 spiro atoms. The van der Waals surface area contributed by atoms with Crippen LogP contribution in [-0.2, 0) is 24.4 Å². The van der Waals surface area contributed by atoms with Gasteiger partial charge in [0.2, 0.25) is 0 Å². The van der Waals surface area contributed by atoms with Crippen molar-refractivity contribution in [3.8, 4) is 5.75 Å². The first-order valence-corrected chi connectivity index (χ1v) is 11.2. The fourth-order valence-corrected chi connectivity index (χ4v) is 3.68. The van der Waals surface area contributed by atoms with Gasteiger partial charge in [0.1, 0.15) is 12.4 Å². The number of guanidine groups is 1. The summed E-state index contributed by atoms with van der Waals surface area (Å²) in [5, 5.41) is 6.76. The van der Waals surface area contributed by atoms with E-state index in [1.807, 2.05) is 12.1 Å². The summed E-state index contributed by atoms with van der Waals surface area (Å²) < 4.78 is 10.6. The van der Waals surface area contributed by atoms with Crippen LogP contribution in [0.5, 0.6) is 5.75 Å². The number of piperidine rings is 1. The number of hydrogen-bond acceptors (Lipinski definition) is 4. The van der Waals surface area contributed by atoms with Crippen LogP contribution in [0.3, 0.4) is 0 Å². The molecular formula is C25H36N4O2. The van der Waals surface area contributed by atoms with Crippen LogP contribution >= 0.6 is 0 Å². The molecule has 1 saturated heterocycles. The molecule has 0 aromatic heterocycles. The van der Waals surface area contributed by atoms with Gasteiger partial charge in [-0.1, -0.05) is 42.8 Å². The average Bonchev–Trinajstić information content (AvgIpc) is 2.82. The molecule has 0 aliphatic carbocycles. The molecule has 0 amide bonds. The van der Waals surface area contributed by atoms with E-state index in [4.69, 9.17) is 9.47 Å². The smallest absolute Gasteiger partial charge is 0.191 e. The Morgan fingerprint density at radius 3 is 2.00 bits per heavy atom. The van der Waals surface area contributed by atoms with E-state index in [-0.39, 0.29) is 0 Å². The van der Waals surface area contributed by atoms with E-state index >= 15 is 0 Å². The molecule has 0 radical (unpaired) electrons. The number of methoxy groups -OCH3 is 1. The Morgan fingerprint density at radius 1 is 0.839 bits per heavy atom. The van der Waals surface area contributed by atoms with Crippen molar-refractivity contribution in [3.05, 3.63) is 65.2 Å². The van der Waals surface area contributed by atoms with Gasteiger partial charge in [0.05, 0.1) is 6.61 Å². The van der Waals surface area contributed by atoms with Crippen molar-refractivity contribution in [3.63, 3.8) is 0 Å². The minimum absolute atomic E-state index is 0.559. The lowest BCUT2D eigenvalue weighted by atomic mass is 10.1. The number of nitrogens with zero attached hydrogens (tertiary/aromatic N) is 2. The fraction of sp³-hybridized carbons (Fsp3) is 0.480. The summed E-state index contributed by atoms with van der Waals surface area (Å²) in [5.41, 5.74) is 3.81. The van der Waals surface area contributed by atoms with Gasteiger partial charge in [-0.25, -0.2) is 0 Å². The highest BCUT2D eigenvalue weighted by Crippen LogP contribution is 2.14. The minimum atomic E-state index is 0.559. The van der Waals surface area contributed by atoms with E-state index in [0.717, 1.165) is 24.8 Å². The first kappa shape index (κ1) is 23.1.